The van der Waals surface area contributed by atoms with Crippen molar-refractivity contribution >= 4 is 11.9 Å². The molecule has 2 aliphatic heterocycles. The second-order valence-corrected chi connectivity index (χ2v) is 4.31. The molecule has 0 saturated carbocycles. The zero-order chi connectivity index (χ0) is 11.5. The van der Waals surface area contributed by atoms with Crippen molar-refractivity contribution in [3.05, 3.63) is 0 Å². The normalized spacial score (nSPS) is 27.8. The van der Waals surface area contributed by atoms with Crippen LogP contribution < -0.4 is 0 Å². The number of hydrogen-bond acceptors (Lipinski definition) is 5. The zero-order valence-electron chi connectivity index (χ0n) is 9.48. The fourth-order valence-electron chi connectivity index (χ4n) is 2.43. The van der Waals surface area contributed by atoms with E-state index >= 15 is 0 Å². The standard InChI is InChI=1S/C11H17NO4/c1-15-10(13)8-2-5-12(6-3-8)9-4-7-16-11(9)14/h8-9H,2-7H2,1H3/t9-/m1/s1. The van der Waals surface area contributed by atoms with Gasteiger partial charge < -0.3 is 9.47 Å². The van der Waals surface area contributed by atoms with Crippen molar-refractivity contribution in [2.75, 3.05) is 26.8 Å². The third-order valence-electron chi connectivity index (χ3n) is 3.41. The molecule has 0 aliphatic carbocycles. The summed E-state index contributed by atoms with van der Waals surface area (Å²) in [5, 5.41) is 0. The van der Waals surface area contributed by atoms with Gasteiger partial charge in [-0.2, -0.15) is 0 Å². The first-order chi connectivity index (χ1) is 7.72. The fourth-order valence-corrected chi connectivity index (χ4v) is 2.43. The number of nitrogens with zero attached hydrogens (tertiary/aromatic N) is 1. The highest BCUT2D eigenvalue weighted by Gasteiger charge is 2.35. The molecule has 2 fully saturated rings. The number of carbonyl (C=O) groups is 2. The van der Waals surface area contributed by atoms with Crippen LogP contribution >= 0.6 is 0 Å². The van der Waals surface area contributed by atoms with Crippen LogP contribution in [0.4, 0.5) is 0 Å². The molecule has 90 valence electrons. The Hall–Kier alpha value is -1.10. The Balaban J connectivity index is 1.85. The van der Waals surface area contributed by atoms with E-state index in [1.54, 1.807) is 0 Å². The molecule has 0 unspecified atom stereocenters. The maximum absolute atomic E-state index is 11.4. The largest absolute Gasteiger partial charge is 0.469 e. The Morgan fingerprint density at radius 2 is 2.06 bits per heavy atom. The molecule has 0 radical (unpaired) electrons. The Morgan fingerprint density at radius 1 is 1.38 bits per heavy atom. The molecular formula is C11H17NO4. The predicted molar refractivity (Wildman–Crippen MR) is 55.7 cm³/mol. The van der Waals surface area contributed by atoms with Gasteiger partial charge in [-0.25, -0.2) is 0 Å². The van der Waals surface area contributed by atoms with Crippen molar-refractivity contribution in [2.45, 2.75) is 25.3 Å². The lowest BCUT2D eigenvalue weighted by Crippen LogP contribution is -2.45. The SMILES string of the molecule is COC(=O)C1CCN([C@@H]2CCOC2=O)CC1. The van der Waals surface area contributed by atoms with E-state index in [4.69, 9.17) is 9.47 Å². The smallest absolute Gasteiger partial charge is 0.323 e. The third-order valence-corrected chi connectivity index (χ3v) is 3.41. The molecule has 0 N–H and O–H groups in total. The molecule has 2 saturated heterocycles. The molecule has 2 aliphatic rings. The first-order valence-electron chi connectivity index (χ1n) is 5.71. The van der Waals surface area contributed by atoms with E-state index in [2.05, 4.69) is 4.90 Å². The lowest BCUT2D eigenvalue weighted by Gasteiger charge is -2.32. The highest BCUT2D eigenvalue weighted by Crippen LogP contribution is 2.23. The van der Waals surface area contributed by atoms with E-state index in [-0.39, 0.29) is 23.9 Å². The van der Waals surface area contributed by atoms with Crippen LogP contribution in [-0.2, 0) is 19.1 Å². The van der Waals surface area contributed by atoms with Crippen molar-refractivity contribution in [3.8, 4) is 0 Å². The topological polar surface area (TPSA) is 55.8 Å². The predicted octanol–water partition coefficient (Wildman–Crippen LogP) is 0.187. The molecule has 0 spiro atoms. The minimum atomic E-state index is -0.131. The van der Waals surface area contributed by atoms with Crippen molar-refractivity contribution < 1.29 is 19.1 Å². The number of piperidine rings is 1. The van der Waals surface area contributed by atoms with Gasteiger partial charge in [-0.15, -0.1) is 0 Å². The van der Waals surface area contributed by atoms with Crippen LogP contribution in [-0.4, -0.2) is 49.7 Å². The van der Waals surface area contributed by atoms with Crippen molar-refractivity contribution in [2.24, 2.45) is 5.92 Å². The number of esters is 2. The van der Waals surface area contributed by atoms with Gasteiger partial charge in [0.25, 0.3) is 0 Å². The van der Waals surface area contributed by atoms with Gasteiger partial charge in [0.1, 0.15) is 6.04 Å². The molecule has 2 heterocycles. The van der Waals surface area contributed by atoms with Crippen molar-refractivity contribution in [1.82, 2.24) is 4.90 Å². The quantitative estimate of drug-likeness (QED) is 0.630. The number of hydrogen-bond donors (Lipinski definition) is 0. The van der Waals surface area contributed by atoms with Gasteiger partial charge in [-0.3, -0.25) is 14.5 Å². The molecule has 0 aromatic rings. The molecule has 0 amide bonds. The fraction of sp³-hybridized carbons (Fsp3) is 0.818. The summed E-state index contributed by atoms with van der Waals surface area (Å²) in [6.45, 7) is 2.08. The first kappa shape index (κ1) is 11.4. The van der Waals surface area contributed by atoms with Crippen molar-refractivity contribution in [1.29, 1.82) is 0 Å². The summed E-state index contributed by atoms with van der Waals surface area (Å²) in [5.74, 6) is -0.246. The molecule has 16 heavy (non-hydrogen) atoms. The highest BCUT2D eigenvalue weighted by atomic mass is 16.5. The molecule has 5 heteroatoms. The van der Waals surface area contributed by atoms with Crippen LogP contribution in [0.5, 0.6) is 0 Å². The number of cyclic esters (lactones) is 1. The monoisotopic (exact) mass is 227 g/mol. The number of likely N-dealkylation sites (tertiary alicyclic amines) is 1. The number of methoxy groups -OCH3 is 1. The van der Waals surface area contributed by atoms with Gasteiger partial charge in [-0.1, -0.05) is 0 Å². The van der Waals surface area contributed by atoms with E-state index < -0.39 is 0 Å². The summed E-state index contributed by atoms with van der Waals surface area (Å²) in [7, 11) is 1.42. The van der Waals surface area contributed by atoms with Gasteiger partial charge in [-0.05, 0) is 25.9 Å². The van der Waals surface area contributed by atoms with Gasteiger partial charge in [0.2, 0.25) is 0 Å². The summed E-state index contributed by atoms with van der Waals surface area (Å²) in [5.41, 5.74) is 0. The van der Waals surface area contributed by atoms with E-state index in [0.29, 0.717) is 6.61 Å². The summed E-state index contributed by atoms with van der Waals surface area (Å²) in [4.78, 5) is 24.8. The van der Waals surface area contributed by atoms with Crippen LogP contribution in [0.25, 0.3) is 0 Å². The molecule has 1 atom stereocenters. The number of ether oxygens (including phenoxy) is 2. The minimum absolute atomic E-state index is 0.00123. The maximum atomic E-state index is 11.4. The first-order valence-corrected chi connectivity index (χ1v) is 5.71. The summed E-state index contributed by atoms with van der Waals surface area (Å²) >= 11 is 0. The summed E-state index contributed by atoms with van der Waals surface area (Å²) in [6.07, 6.45) is 2.33. The molecule has 0 aromatic carbocycles. The average molecular weight is 227 g/mol. The summed E-state index contributed by atoms with van der Waals surface area (Å²) in [6, 6.07) is -0.0846. The maximum Gasteiger partial charge on any atom is 0.323 e. The molecule has 0 aromatic heterocycles. The molecule has 2 rings (SSSR count). The van der Waals surface area contributed by atoms with Gasteiger partial charge >= 0.3 is 11.9 Å². The minimum Gasteiger partial charge on any atom is -0.469 e. The van der Waals surface area contributed by atoms with E-state index in [1.807, 2.05) is 0 Å². The highest BCUT2D eigenvalue weighted by molar-refractivity contribution is 5.77. The van der Waals surface area contributed by atoms with Crippen LogP contribution in [0.2, 0.25) is 0 Å². The van der Waals surface area contributed by atoms with E-state index in [1.165, 1.54) is 7.11 Å². The van der Waals surface area contributed by atoms with Crippen LogP contribution in [0.3, 0.4) is 0 Å². The summed E-state index contributed by atoms with van der Waals surface area (Å²) < 4.78 is 9.66. The average Bonchev–Trinajstić information content (AvgIpc) is 2.75. The Kier molecular flexibility index (Phi) is 3.43. The van der Waals surface area contributed by atoms with E-state index in [0.717, 1.165) is 32.4 Å². The van der Waals surface area contributed by atoms with Crippen molar-refractivity contribution in [3.63, 3.8) is 0 Å². The van der Waals surface area contributed by atoms with Gasteiger partial charge in [0.15, 0.2) is 0 Å². The Bertz CT molecular complexity index is 284. The van der Waals surface area contributed by atoms with Crippen LogP contribution in [0.1, 0.15) is 19.3 Å². The lowest BCUT2D eigenvalue weighted by atomic mass is 9.95. The Morgan fingerprint density at radius 3 is 2.56 bits per heavy atom. The second-order valence-electron chi connectivity index (χ2n) is 4.31. The Labute approximate surface area is 94.7 Å². The number of carbonyl (C=O) groups excluding carboxylic acids is 2. The van der Waals surface area contributed by atoms with Gasteiger partial charge in [0.05, 0.1) is 19.6 Å². The lowest BCUT2D eigenvalue weighted by molar-refractivity contribution is -0.147. The molecule has 5 nitrogen and oxygen atoms in total. The third kappa shape index (κ3) is 2.19. The molecular weight excluding hydrogens is 210 g/mol. The van der Waals surface area contributed by atoms with Crippen LogP contribution in [0, 0.1) is 5.92 Å². The van der Waals surface area contributed by atoms with Gasteiger partial charge in [0, 0.05) is 6.42 Å². The van der Waals surface area contributed by atoms with Crippen LogP contribution in [0.15, 0.2) is 0 Å². The van der Waals surface area contributed by atoms with E-state index in [9.17, 15) is 9.59 Å². The zero-order valence-corrected chi connectivity index (χ0v) is 9.48. The second kappa shape index (κ2) is 4.82. The molecule has 0 bridgehead atoms. The number of rotatable bonds is 2.